The van der Waals surface area contributed by atoms with Gasteiger partial charge in [-0.3, -0.25) is 4.79 Å². The molecule has 1 amide bonds. The molecule has 3 nitrogen and oxygen atoms in total. The molecule has 1 atom stereocenters. The second-order valence-electron chi connectivity index (χ2n) is 5.36. The van der Waals surface area contributed by atoms with Gasteiger partial charge in [0.1, 0.15) is 0 Å². The van der Waals surface area contributed by atoms with Crippen LogP contribution in [0.25, 0.3) is 0 Å². The smallest absolute Gasteiger partial charge is 0.221 e. The standard InChI is InChI=1S/C14H20N2O/c1-10(14(2)7-8-14)16-12-5-3-11(4-6-12)9-13(15)17/h3-6,10,16H,7-9H2,1-2H3,(H2,15,17). The monoisotopic (exact) mass is 232 g/mol. The van der Waals surface area contributed by atoms with Gasteiger partial charge in [-0.2, -0.15) is 0 Å². The number of benzene rings is 1. The van der Waals surface area contributed by atoms with Gasteiger partial charge in [0.05, 0.1) is 6.42 Å². The van der Waals surface area contributed by atoms with Crippen molar-refractivity contribution in [3.8, 4) is 0 Å². The number of amides is 1. The molecule has 0 aromatic heterocycles. The molecule has 0 bridgehead atoms. The summed E-state index contributed by atoms with van der Waals surface area (Å²) in [6, 6.07) is 8.43. The maximum atomic E-state index is 10.8. The summed E-state index contributed by atoms with van der Waals surface area (Å²) in [7, 11) is 0. The summed E-state index contributed by atoms with van der Waals surface area (Å²) in [6.45, 7) is 4.54. The van der Waals surface area contributed by atoms with Crippen molar-refractivity contribution >= 4 is 11.6 Å². The zero-order valence-electron chi connectivity index (χ0n) is 10.5. The first-order valence-corrected chi connectivity index (χ1v) is 6.13. The van der Waals surface area contributed by atoms with E-state index in [4.69, 9.17) is 5.73 Å². The number of nitrogens with two attached hydrogens (primary N) is 1. The zero-order chi connectivity index (χ0) is 12.5. The minimum Gasteiger partial charge on any atom is -0.382 e. The van der Waals surface area contributed by atoms with Crippen LogP contribution in [0.5, 0.6) is 0 Å². The van der Waals surface area contributed by atoms with Gasteiger partial charge in [-0.1, -0.05) is 19.1 Å². The number of carbonyl (C=O) groups is 1. The number of rotatable bonds is 5. The quantitative estimate of drug-likeness (QED) is 0.818. The van der Waals surface area contributed by atoms with E-state index in [0.29, 0.717) is 17.9 Å². The third-order valence-electron chi connectivity index (χ3n) is 3.80. The van der Waals surface area contributed by atoms with E-state index in [0.717, 1.165) is 11.3 Å². The van der Waals surface area contributed by atoms with Crippen molar-refractivity contribution in [3.05, 3.63) is 29.8 Å². The normalized spacial score (nSPS) is 18.5. The highest BCUT2D eigenvalue weighted by Crippen LogP contribution is 2.48. The minimum atomic E-state index is -0.287. The molecule has 0 radical (unpaired) electrons. The molecular formula is C14H20N2O. The summed E-state index contributed by atoms with van der Waals surface area (Å²) >= 11 is 0. The van der Waals surface area contributed by atoms with E-state index in [-0.39, 0.29) is 5.91 Å². The lowest BCUT2D eigenvalue weighted by atomic mass is 10.0. The predicted molar refractivity (Wildman–Crippen MR) is 69.8 cm³/mol. The molecule has 1 aliphatic carbocycles. The summed E-state index contributed by atoms with van der Waals surface area (Å²) in [6.07, 6.45) is 2.93. The molecule has 0 spiro atoms. The molecule has 1 aliphatic rings. The third-order valence-corrected chi connectivity index (χ3v) is 3.80. The maximum Gasteiger partial charge on any atom is 0.221 e. The molecule has 0 aliphatic heterocycles. The Kier molecular flexibility index (Phi) is 3.09. The first-order valence-electron chi connectivity index (χ1n) is 6.13. The molecule has 1 aromatic carbocycles. The lowest BCUT2D eigenvalue weighted by Gasteiger charge is -2.21. The van der Waals surface area contributed by atoms with Crippen molar-refractivity contribution in [1.29, 1.82) is 0 Å². The van der Waals surface area contributed by atoms with E-state index >= 15 is 0 Å². The van der Waals surface area contributed by atoms with Crippen LogP contribution < -0.4 is 11.1 Å². The summed E-state index contributed by atoms with van der Waals surface area (Å²) < 4.78 is 0. The number of hydrogen-bond donors (Lipinski definition) is 2. The molecule has 0 saturated heterocycles. The Labute approximate surface area is 102 Å². The number of primary amides is 1. The average Bonchev–Trinajstić information content (AvgIpc) is 3.00. The molecule has 1 unspecified atom stereocenters. The highest BCUT2D eigenvalue weighted by atomic mass is 16.1. The van der Waals surface area contributed by atoms with Gasteiger partial charge in [0.15, 0.2) is 0 Å². The van der Waals surface area contributed by atoms with Crippen molar-refractivity contribution < 1.29 is 4.79 Å². The molecule has 2 rings (SSSR count). The van der Waals surface area contributed by atoms with Crippen LogP contribution in [0.3, 0.4) is 0 Å². The van der Waals surface area contributed by atoms with E-state index in [9.17, 15) is 4.79 Å². The third kappa shape index (κ3) is 2.99. The summed E-state index contributed by atoms with van der Waals surface area (Å²) in [5.74, 6) is -0.287. The SMILES string of the molecule is CC(Nc1ccc(CC(N)=O)cc1)C1(C)CC1. The number of hydrogen-bond acceptors (Lipinski definition) is 2. The Morgan fingerprint density at radius 3 is 2.47 bits per heavy atom. The van der Waals surface area contributed by atoms with Crippen LogP contribution in [-0.4, -0.2) is 11.9 Å². The Morgan fingerprint density at radius 2 is 2.00 bits per heavy atom. The molecule has 3 heteroatoms. The van der Waals surface area contributed by atoms with Crippen LogP contribution in [0.15, 0.2) is 24.3 Å². The first kappa shape index (κ1) is 12.0. The van der Waals surface area contributed by atoms with Gasteiger partial charge in [-0.15, -0.1) is 0 Å². The van der Waals surface area contributed by atoms with Crippen LogP contribution in [0.1, 0.15) is 32.3 Å². The Morgan fingerprint density at radius 1 is 1.41 bits per heavy atom. The fourth-order valence-corrected chi connectivity index (χ4v) is 1.97. The van der Waals surface area contributed by atoms with E-state index in [1.54, 1.807) is 0 Å². The highest BCUT2D eigenvalue weighted by molar-refractivity contribution is 5.76. The van der Waals surface area contributed by atoms with Crippen LogP contribution in [-0.2, 0) is 11.2 Å². The second-order valence-corrected chi connectivity index (χ2v) is 5.36. The van der Waals surface area contributed by atoms with E-state index in [1.807, 2.05) is 24.3 Å². The van der Waals surface area contributed by atoms with Crippen LogP contribution in [0.4, 0.5) is 5.69 Å². The van der Waals surface area contributed by atoms with Crippen molar-refractivity contribution in [3.63, 3.8) is 0 Å². The fraction of sp³-hybridized carbons (Fsp3) is 0.500. The van der Waals surface area contributed by atoms with E-state index in [1.165, 1.54) is 12.8 Å². The molecule has 1 saturated carbocycles. The second kappa shape index (κ2) is 4.40. The summed E-state index contributed by atoms with van der Waals surface area (Å²) in [4.78, 5) is 10.8. The molecule has 0 heterocycles. The summed E-state index contributed by atoms with van der Waals surface area (Å²) in [5.41, 5.74) is 7.69. The van der Waals surface area contributed by atoms with Crippen molar-refractivity contribution in [2.75, 3.05) is 5.32 Å². The number of carbonyl (C=O) groups excluding carboxylic acids is 1. The molecule has 92 valence electrons. The van der Waals surface area contributed by atoms with Gasteiger partial charge in [0, 0.05) is 11.7 Å². The van der Waals surface area contributed by atoms with E-state index in [2.05, 4.69) is 19.2 Å². The van der Waals surface area contributed by atoms with Gasteiger partial charge in [0.25, 0.3) is 0 Å². The number of nitrogens with one attached hydrogen (secondary N) is 1. The van der Waals surface area contributed by atoms with Crippen LogP contribution in [0, 0.1) is 5.41 Å². The van der Waals surface area contributed by atoms with Crippen molar-refractivity contribution in [2.45, 2.75) is 39.2 Å². The molecule has 1 fully saturated rings. The molecule has 17 heavy (non-hydrogen) atoms. The lowest BCUT2D eigenvalue weighted by molar-refractivity contribution is -0.117. The fourth-order valence-electron chi connectivity index (χ4n) is 1.97. The largest absolute Gasteiger partial charge is 0.382 e. The Bertz CT molecular complexity index is 407. The van der Waals surface area contributed by atoms with Gasteiger partial charge in [0.2, 0.25) is 5.91 Å². The number of anilines is 1. The van der Waals surface area contributed by atoms with Crippen molar-refractivity contribution in [2.24, 2.45) is 11.1 Å². The molecule has 1 aromatic rings. The van der Waals surface area contributed by atoms with Gasteiger partial charge >= 0.3 is 0 Å². The van der Waals surface area contributed by atoms with Crippen molar-refractivity contribution in [1.82, 2.24) is 0 Å². The highest BCUT2D eigenvalue weighted by Gasteiger charge is 2.42. The molecule has 3 N–H and O–H groups in total. The maximum absolute atomic E-state index is 10.8. The first-order chi connectivity index (χ1) is 7.99. The van der Waals surface area contributed by atoms with Gasteiger partial charge < -0.3 is 11.1 Å². The average molecular weight is 232 g/mol. The van der Waals surface area contributed by atoms with E-state index < -0.39 is 0 Å². The zero-order valence-corrected chi connectivity index (χ0v) is 10.5. The Balaban J connectivity index is 1.96. The van der Waals surface area contributed by atoms with Gasteiger partial charge in [-0.25, -0.2) is 0 Å². The van der Waals surface area contributed by atoms with Crippen LogP contribution >= 0.6 is 0 Å². The van der Waals surface area contributed by atoms with Gasteiger partial charge in [-0.05, 0) is 42.9 Å². The predicted octanol–water partition coefficient (Wildman–Crippen LogP) is 2.31. The molecular weight excluding hydrogens is 212 g/mol. The van der Waals surface area contributed by atoms with Crippen LogP contribution in [0.2, 0.25) is 0 Å². The topological polar surface area (TPSA) is 55.1 Å². The lowest BCUT2D eigenvalue weighted by Crippen LogP contribution is -2.24. The minimum absolute atomic E-state index is 0.287. The summed E-state index contributed by atoms with van der Waals surface area (Å²) in [5, 5.41) is 3.51. The Hall–Kier alpha value is -1.51.